The Kier molecular flexibility index (Phi) is 5.15. The lowest BCUT2D eigenvalue weighted by Gasteiger charge is -2.44. The summed E-state index contributed by atoms with van der Waals surface area (Å²) >= 11 is 0. The molecule has 0 radical (unpaired) electrons. The highest BCUT2D eigenvalue weighted by Crippen LogP contribution is 2.34. The molecule has 0 aromatic rings. The molecular formula is C13H27N3O3. The molecular weight excluding hydrogens is 246 g/mol. The van der Waals surface area contributed by atoms with E-state index >= 15 is 0 Å². The van der Waals surface area contributed by atoms with Gasteiger partial charge in [-0.1, -0.05) is 20.8 Å². The van der Waals surface area contributed by atoms with Crippen LogP contribution in [0, 0.1) is 15.5 Å². The van der Waals surface area contributed by atoms with Crippen molar-refractivity contribution in [2.75, 3.05) is 39.3 Å². The first-order chi connectivity index (χ1) is 8.68. The van der Waals surface area contributed by atoms with Crippen molar-refractivity contribution < 1.29 is 9.92 Å². The van der Waals surface area contributed by atoms with Crippen LogP contribution in [0.25, 0.3) is 0 Å². The summed E-state index contributed by atoms with van der Waals surface area (Å²) in [6, 6.07) is 0. The largest absolute Gasteiger partial charge is 0.307 e. The van der Waals surface area contributed by atoms with Crippen LogP contribution in [0.5, 0.6) is 0 Å². The lowest BCUT2D eigenvalue weighted by atomic mass is 9.76. The minimum absolute atomic E-state index is 0.283. The first-order valence-electron chi connectivity index (χ1n) is 6.96. The molecule has 6 nitrogen and oxygen atoms in total. The highest BCUT2D eigenvalue weighted by molar-refractivity contribution is 4.90. The zero-order valence-corrected chi connectivity index (χ0v) is 12.8. The van der Waals surface area contributed by atoms with Gasteiger partial charge in [0.15, 0.2) is 0 Å². The molecule has 1 saturated heterocycles. The van der Waals surface area contributed by atoms with Crippen molar-refractivity contribution in [3.63, 3.8) is 0 Å². The average Bonchev–Trinajstić information content (AvgIpc) is 2.27. The number of likely N-dealkylation sites (N-methyl/N-ethyl adjacent to an activating group) is 1. The molecule has 0 amide bonds. The number of piperazine rings is 1. The minimum Gasteiger partial charge on any atom is -0.307 e. The van der Waals surface area contributed by atoms with Gasteiger partial charge in [-0.15, -0.1) is 10.1 Å². The third-order valence-electron chi connectivity index (χ3n) is 4.46. The van der Waals surface area contributed by atoms with Gasteiger partial charge in [-0.05, 0) is 20.4 Å². The molecule has 1 rings (SSSR count). The molecule has 1 aliphatic rings. The molecule has 0 unspecified atom stereocenters. The Morgan fingerprint density at radius 3 is 2.00 bits per heavy atom. The van der Waals surface area contributed by atoms with Gasteiger partial charge in [0.05, 0.1) is 0 Å². The van der Waals surface area contributed by atoms with Crippen LogP contribution in [0.1, 0.15) is 34.6 Å². The number of hydrogen-bond acceptors (Lipinski definition) is 5. The molecule has 112 valence electrons. The van der Waals surface area contributed by atoms with Gasteiger partial charge >= 0.3 is 0 Å². The summed E-state index contributed by atoms with van der Waals surface area (Å²) in [6.45, 7) is 15.9. The Morgan fingerprint density at radius 2 is 1.58 bits per heavy atom. The molecule has 6 heteroatoms. The first kappa shape index (κ1) is 16.2. The van der Waals surface area contributed by atoms with Crippen LogP contribution in [0.15, 0.2) is 0 Å². The number of nitrogens with zero attached hydrogens (tertiary/aromatic N) is 3. The summed E-state index contributed by atoms with van der Waals surface area (Å²) < 4.78 is 0. The van der Waals surface area contributed by atoms with Crippen LogP contribution in [-0.2, 0) is 4.84 Å². The number of hydrogen-bond donors (Lipinski definition) is 0. The second-order valence-corrected chi connectivity index (χ2v) is 6.42. The van der Waals surface area contributed by atoms with Crippen LogP contribution in [0.2, 0.25) is 0 Å². The Hall–Kier alpha value is -0.880. The molecule has 1 fully saturated rings. The quantitative estimate of drug-likeness (QED) is 0.544. The first-order valence-corrected chi connectivity index (χ1v) is 6.96. The Morgan fingerprint density at radius 1 is 1.11 bits per heavy atom. The highest BCUT2D eigenvalue weighted by atomic mass is 17.0. The van der Waals surface area contributed by atoms with Crippen LogP contribution < -0.4 is 0 Å². The summed E-state index contributed by atoms with van der Waals surface area (Å²) in [5.74, 6) is 0. The number of rotatable bonds is 6. The maximum Gasteiger partial charge on any atom is 0.295 e. The van der Waals surface area contributed by atoms with Gasteiger partial charge in [-0.25, -0.2) is 0 Å². The van der Waals surface area contributed by atoms with E-state index in [0.717, 1.165) is 39.3 Å². The van der Waals surface area contributed by atoms with Crippen molar-refractivity contribution in [3.05, 3.63) is 10.1 Å². The van der Waals surface area contributed by atoms with Crippen molar-refractivity contribution in [2.45, 2.75) is 40.2 Å². The minimum atomic E-state index is -0.793. The van der Waals surface area contributed by atoms with E-state index in [-0.39, 0.29) is 5.41 Å². The standard InChI is InChI=1S/C13H27N3O3/c1-6-14-7-9-15(10-8-14)11-12(2,3)13(4,5)19-16(17)18/h6-11H2,1-5H3. The normalized spacial score (nSPS) is 19.4. The van der Waals surface area contributed by atoms with Crippen molar-refractivity contribution in [1.82, 2.24) is 9.80 Å². The van der Waals surface area contributed by atoms with Crippen LogP contribution in [0.4, 0.5) is 0 Å². The molecule has 1 heterocycles. The van der Waals surface area contributed by atoms with E-state index in [1.54, 1.807) is 13.8 Å². The molecule has 0 aromatic heterocycles. The maximum atomic E-state index is 10.6. The monoisotopic (exact) mass is 273 g/mol. The fourth-order valence-corrected chi connectivity index (χ4v) is 2.32. The van der Waals surface area contributed by atoms with Gasteiger partial charge in [0.1, 0.15) is 5.60 Å². The Labute approximate surface area is 115 Å². The molecule has 0 N–H and O–H groups in total. The lowest BCUT2D eigenvalue weighted by molar-refractivity contribution is -0.783. The van der Waals surface area contributed by atoms with E-state index in [0.29, 0.717) is 0 Å². The van der Waals surface area contributed by atoms with E-state index in [9.17, 15) is 10.1 Å². The van der Waals surface area contributed by atoms with E-state index in [2.05, 4.69) is 16.7 Å². The molecule has 19 heavy (non-hydrogen) atoms. The molecule has 0 aliphatic carbocycles. The molecule has 0 atom stereocenters. The zero-order chi connectivity index (χ0) is 14.7. The fraction of sp³-hybridized carbons (Fsp3) is 1.00. The lowest BCUT2D eigenvalue weighted by Crippen LogP contribution is -2.54. The fourth-order valence-electron chi connectivity index (χ4n) is 2.32. The van der Waals surface area contributed by atoms with Gasteiger partial charge in [-0.3, -0.25) is 0 Å². The van der Waals surface area contributed by atoms with Gasteiger partial charge in [0.2, 0.25) is 0 Å². The zero-order valence-electron chi connectivity index (χ0n) is 12.8. The van der Waals surface area contributed by atoms with E-state index in [4.69, 9.17) is 4.84 Å². The van der Waals surface area contributed by atoms with E-state index < -0.39 is 10.7 Å². The molecule has 0 bridgehead atoms. The van der Waals surface area contributed by atoms with Crippen LogP contribution >= 0.6 is 0 Å². The van der Waals surface area contributed by atoms with Crippen LogP contribution in [-0.4, -0.2) is 59.8 Å². The highest BCUT2D eigenvalue weighted by Gasteiger charge is 2.42. The summed E-state index contributed by atoms with van der Waals surface area (Å²) in [7, 11) is 0. The summed E-state index contributed by atoms with van der Waals surface area (Å²) in [5.41, 5.74) is -1.08. The Bertz CT molecular complexity index is 310. The molecule has 1 aliphatic heterocycles. The van der Waals surface area contributed by atoms with Crippen molar-refractivity contribution in [2.24, 2.45) is 5.41 Å². The van der Waals surface area contributed by atoms with E-state index in [1.807, 2.05) is 13.8 Å². The predicted octanol–water partition coefficient (Wildman–Crippen LogP) is 1.64. The third-order valence-corrected chi connectivity index (χ3v) is 4.46. The summed E-state index contributed by atoms with van der Waals surface area (Å²) in [6.07, 6.45) is 0. The van der Waals surface area contributed by atoms with E-state index in [1.165, 1.54) is 0 Å². The van der Waals surface area contributed by atoms with Gasteiger partial charge < -0.3 is 14.6 Å². The van der Waals surface area contributed by atoms with Crippen molar-refractivity contribution in [3.8, 4) is 0 Å². The summed E-state index contributed by atoms with van der Waals surface area (Å²) in [5, 5.41) is 9.91. The third kappa shape index (κ3) is 4.31. The molecule has 0 spiro atoms. The van der Waals surface area contributed by atoms with Crippen molar-refractivity contribution in [1.29, 1.82) is 0 Å². The average molecular weight is 273 g/mol. The van der Waals surface area contributed by atoms with Gasteiger partial charge in [0, 0.05) is 38.1 Å². The Balaban J connectivity index is 2.57. The van der Waals surface area contributed by atoms with Gasteiger partial charge in [0.25, 0.3) is 5.09 Å². The van der Waals surface area contributed by atoms with Gasteiger partial charge in [-0.2, -0.15) is 0 Å². The molecule has 0 aromatic carbocycles. The second kappa shape index (κ2) is 6.05. The second-order valence-electron chi connectivity index (χ2n) is 6.42. The topological polar surface area (TPSA) is 58.8 Å². The molecule has 0 saturated carbocycles. The van der Waals surface area contributed by atoms with Crippen molar-refractivity contribution >= 4 is 0 Å². The predicted molar refractivity (Wildman–Crippen MR) is 74.5 cm³/mol. The SMILES string of the molecule is CCN1CCN(CC(C)(C)C(C)(C)O[N+](=O)[O-])CC1. The summed E-state index contributed by atoms with van der Waals surface area (Å²) in [4.78, 5) is 20.3. The maximum absolute atomic E-state index is 10.6. The van der Waals surface area contributed by atoms with Crippen LogP contribution in [0.3, 0.4) is 0 Å². The smallest absolute Gasteiger partial charge is 0.295 e.